The fourth-order valence-corrected chi connectivity index (χ4v) is 1.76. The molecule has 0 heterocycles. The Morgan fingerprint density at radius 2 is 2.15 bits per heavy atom. The van der Waals surface area contributed by atoms with E-state index in [0.717, 1.165) is 5.56 Å². The second-order valence-corrected chi connectivity index (χ2v) is 6.21. The van der Waals surface area contributed by atoms with Crippen LogP contribution in [0.3, 0.4) is 0 Å². The first kappa shape index (κ1) is 15.3. The summed E-state index contributed by atoms with van der Waals surface area (Å²) in [5.74, 6) is 0.469. The van der Waals surface area contributed by atoms with E-state index >= 15 is 0 Å². The Balaban J connectivity index is 2.01. The molecule has 20 heavy (non-hydrogen) atoms. The minimum atomic E-state index is -0.893. The summed E-state index contributed by atoms with van der Waals surface area (Å²) in [5, 5.41) is 13.6. The van der Waals surface area contributed by atoms with Crippen LogP contribution in [0.5, 0.6) is 5.75 Å². The van der Waals surface area contributed by atoms with E-state index in [0.29, 0.717) is 18.3 Å². The van der Waals surface area contributed by atoms with Crippen molar-refractivity contribution in [1.29, 1.82) is 0 Å². The zero-order valence-corrected chi connectivity index (χ0v) is 12.4. The molecule has 0 amide bonds. The molecule has 112 valence electrons. The maximum Gasteiger partial charge on any atom is 0.124 e. The van der Waals surface area contributed by atoms with E-state index in [2.05, 4.69) is 5.32 Å². The molecule has 1 aromatic carbocycles. The molecule has 1 aliphatic carbocycles. The number of hydrogen-bond donors (Lipinski definition) is 2. The van der Waals surface area contributed by atoms with Gasteiger partial charge in [0.15, 0.2) is 0 Å². The van der Waals surface area contributed by atoms with Crippen LogP contribution in [0, 0.1) is 11.7 Å². The van der Waals surface area contributed by atoms with Gasteiger partial charge in [0.05, 0.1) is 5.60 Å². The van der Waals surface area contributed by atoms with Gasteiger partial charge in [0, 0.05) is 18.2 Å². The second-order valence-electron chi connectivity index (χ2n) is 6.21. The van der Waals surface area contributed by atoms with Gasteiger partial charge >= 0.3 is 0 Å². The first-order valence-corrected chi connectivity index (χ1v) is 7.25. The minimum Gasteiger partial charge on any atom is -0.490 e. The molecule has 0 aliphatic heterocycles. The molecule has 0 radical (unpaired) electrons. The highest BCUT2D eigenvalue weighted by atomic mass is 19.1. The Kier molecular flexibility index (Phi) is 4.66. The normalized spacial score (nSPS) is 18.1. The topological polar surface area (TPSA) is 41.5 Å². The van der Waals surface area contributed by atoms with Gasteiger partial charge in [-0.15, -0.1) is 0 Å². The lowest BCUT2D eigenvalue weighted by Crippen LogP contribution is -2.38. The predicted octanol–water partition coefficient (Wildman–Crippen LogP) is 2.86. The monoisotopic (exact) mass is 281 g/mol. The summed E-state index contributed by atoms with van der Waals surface area (Å²) in [6.45, 7) is 6.45. The second kappa shape index (κ2) is 6.10. The van der Waals surface area contributed by atoms with E-state index in [1.165, 1.54) is 25.0 Å². The van der Waals surface area contributed by atoms with Gasteiger partial charge in [-0.3, -0.25) is 0 Å². The zero-order chi connectivity index (χ0) is 14.8. The summed E-state index contributed by atoms with van der Waals surface area (Å²) in [7, 11) is 0. The quantitative estimate of drug-likeness (QED) is 0.807. The summed E-state index contributed by atoms with van der Waals surface area (Å²) in [4.78, 5) is 0. The summed E-state index contributed by atoms with van der Waals surface area (Å²) < 4.78 is 19.1. The van der Waals surface area contributed by atoms with Crippen molar-refractivity contribution in [3.8, 4) is 5.75 Å². The number of rotatable bonds is 7. The maximum absolute atomic E-state index is 13.4. The number of hydrogen-bond acceptors (Lipinski definition) is 3. The van der Waals surface area contributed by atoms with Gasteiger partial charge in [0.25, 0.3) is 0 Å². The van der Waals surface area contributed by atoms with Crippen LogP contribution >= 0.6 is 0 Å². The van der Waals surface area contributed by atoms with Crippen molar-refractivity contribution in [3.05, 3.63) is 29.6 Å². The molecule has 2 N–H and O–H groups in total. The third kappa shape index (κ3) is 4.18. The minimum absolute atomic E-state index is 0.0935. The first-order chi connectivity index (χ1) is 9.38. The van der Waals surface area contributed by atoms with Gasteiger partial charge < -0.3 is 15.2 Å². The Bertz CT molecular complexity index is 456. The first-order valence-electron chi connectivity index (χ1n) is 7.25. The zero-order valence-electron chi connectivity index (χ0n) is 12.4. The van der Waals surface area contributed by atoms with Crippen LogP contribution < -0.4 is 10.1 Å². The van der Waals surface area contributed by atoms with Gasteiger partial charge in [-0.1, -0.05) is 13.8 Å². The van der Waals surface area contributed by atoms with Gasteiger partial charge in [-0.05, 0) is 43.9 Å². The van der Waals surface area contributed by atoms with E-state index in [1.807, 2.05) is 13.8 Å². The lowest BCUT2D eigenvalue weighted by molar-refractivity contribution is -0.0269. The average Bonchev–Trinajstić information content (AvgIpc) is 3.19. The van der Waals surface area contributed by atoms with E-state index < -0.39 is 5.60 Å². The van der Waals surface area contributed by atoms with Gasteiger partial charge in [0.1, 0.15) is 18.2 Å². The smallest absolute Gasteiger partial charge is 0.124 e. The van der Waals surface area contributed by atoms with E-state index in [9.17, 15) is 9.50 Å². The highest BCUT2D eigenvalue weighted by Gasteiger charge is 2.26. The number of halogens is 1. The largest absolute Gasteiger partial charge is 0.490 e. The van der Waals surface area contributed by atoms with E-state index in [1.54, 1.807) is 13.0 Å². The molecule has 3 nitrogen and oxygen atoms in total. The van der Waals surface area contributed by atoms with Crippen LogP contribution in [0.1, 0.15) is 39.2 Å². The number of nitrogens with one attached hydrogen (secondary N) is 1. The van der Waals surface area contributed by atoms with Crippen molar-refractivity contribution in [2.75, 3.05) is 6.61 Å². The average molecular weight is 281 g/mol. The molecule has 4 heteroatoms. The van der Waals surface area contributed by atoms with Crippen molar-refractivity contribution in [1.82, 2.24) is 5.32 Å². The highest BCUT2D eigenvalue weighted by Crippen LogP contribution is 2.25. The van der Waals surface area contributed by atoms with Crippen LogP contribution in [0.15, 0.2) is 18.2 Å². The molecule has 1 aromatic rings. The maximum atomic E-state index is 13.4. The van der Waals surface area contributed by atoms with E-state index in [4.69, 9.17) is 4.74 Å². The molecular formula is C16H24FNO2. The highest BCUT2D eigenvalue weighted by molar-refractivity contribution is 5.34. The summed E-state index contributed by atoms with van der Waals surface area (Å²) in [5.41, 5.74) is -0.0910. The van der Waals surface area contributed by atoms with Crippen LogP contribution in [0.2, 0.25) is 0 Å². The molecule has 1 atom stereocenters. The standard InChI is InChI=1S/C16H24FNO2/c1-11(2)16(3,19)10-20-15-7-4-13(17)8-12(15)9-18-14-5-6-14/h4,7-8,11,14,18-19H,5-6,9-10H2,1-3H3. The SMILES string of the molecule is CC(C)C(C)(O)COc1ccc(F)cc1CNC1CC1. The van der Waals surface area contributed by atoms with Gasteiger partial charge in [-0.2, -0.15) is 0 Å². The van der Waals surface area contributed by atoms with E-state index in [-0.39, 0.29) is 18.3 Å². The Morgan fingerprint density at radius 1 is 1.45 bits per heavy atom. The van der Waals surface area contributed by atoms with Crippen molar-refractivity contribution in [2.45, 2.75) is 51.8 Å². The summed E-state index contributed by atoms with van der Waals surface area (Å²) in [6.07, 6.45) is 2.38. The third-order valence-electron chi connectivity index (χ3n) is 3.94. The Morgan fingerprint density at radius 3 is 2.75 bits per heavy atom. The number of benzene rings is 1. The van der Waals surface area contributed by atoms with Crippen molar-refractivity contribution < 1.29 is 14.2 Å². The van der Waals surface area contributed by atoms with Crippen LogP contribution in [0.4, 0.5) is 4.39 Å². The van der Waals surface area contributed by atoms with Crippen molar-refractivity contribution >= 4 is 0 Å². The third-order valence-corrected chi connectivity index (χ3v) is 3.94. The van der Waals surface area contributed by atoms with Gasteiger partial charge in [-0.25, -0.2) is 4.39 Å². The van der Waals surface area contributed by atoms with Crippen molar-refractivity contribution in [3.63, 3.8) is 0 Å². The lowest BCUT2D eigenvalue weighted by Gasteiger charge is -2.28. The molecule has 0 spiro atoms. The summed E-state index contributed by atoms with van der Waals surface area (Å²) >= 11 is 0. The summed E-state index contributed by atoms with van der Waals surface area (Å²) in [6, 6.07) is 5.08. The molecule has 2 rings (SSSR count). The molecule has 0 saturated heterocycles. The molecule has 0 bridgehead atoms. The number of aliphatic hydroxyl groups is 1. The molecule has 0 aromatic heterocycles. The number of ether oxygens (including phenoxy) is 1. The van der Waals surface area contributed by atoms with Crippen LogP contribution in [-0.2, 0) is 6.54 Å². The predicted molar refractivity (Wildman–Crippen MR) is 77.2 cm³/mol. The molecule has 1 unspecified atom stereocenters. The molecular weight excluding hydrogens is 257 g/mol. The Hall–Kier alpha value is -1.13. The fraction of sp³-hybridized carbons (Fsp3) is 0.625. The van der Waals surface area contributed by atoms with Crippen LogP contribution in [-0.4, -0.2) is 23.4 Å². The fourth-order valence-electron chi connectivity index (χ4n) is 1.76. The molecule has 1 fully saturated rings. The lowest BCUT2D eigenvalue weighted by atomic mass is 9.94. The van der Waals surface area contributed by atoms with Crippen molar-refractivity contribution in [2.24, 2.45) is 5.92 Å². The van der Waals surface area contributed by atoms with Gasteiger partial charge in [0.2, 0.25) is 0 Å². The Labute approximate surface area is 120 Å². The molecule has 1 saturated carbocycles. The molecule has 1 aliphatic rings. The van der Waals surface area contributed by atoms with Crippen LogP contribution in [0.25, 0.3) is 0 Å².